The second-order valence-electron chi connectivity index (χ2n) is 11.3. The fraction of sp³-hybridized carbons (Fsp3) is 0.303. The minimum atomic E-state index is -0.792. The Morgan fingerprint density at radius 1 is 1.00 bits per heavy atom. The van der Waals surface area contributed by atoms with Crippen molar-refractivity contribution < 1.29 is 19.5 Å². The van der Waals surface area contributed by atoms with Crippen LogP contribution >= 0.6 is 11.6 Å². The number of carboxylic acids is 1. The van der Waals surface area contributed by atoms with Gasteiger partial charge in [0.25, 0.3) is 5.91 Å². The van der Waals surface area contributed by atoms with E-state index in [4.69, 9.17) is 11.6 Å². The number of rotatable bonds is 7. The van der Waals surface area contributed by atoms with Gasteiger partial charge in [-0.05, 0) is 100 Å². The number of nitrogens with zero attached hydrogens (tertiary/aromatic N) is 2. The van der Waals surface area contributed by atoms with E-state index in [1.807, 2.05) is 73.7 Å². The third kappa shape index (κ3) is 5.28. The number of aromatic nitrogens is 1. The topological polar surface area (TPSA) is 79.6 Å². The lowest BCUT2D eigenvalue weighted by Crippen LogP contribution is -2.45. The first-order valence-corrected chi connectivity index (χ1v) is 14.0. The largest absolute Gasteiger partial charge is 0.481 e. The normalized spacial score (nSPS) is 17.1. The van der Waals surface area contributed by atoms with Crippen molar-refractivity contribution in [2.45, 2.75) is 58.4 Å². The van der Waals surface area contributed by atoms with E-state index in [-0.39, 0.29) is 23.8 Å². The lowest BCUT2D eigenvalue weighted by molar-refractivity contribution is -0.147. The second kappa shape index (κ2) is 10.9. The highest BCUT2D eigenvalue weighted by Crippen LogP contribution is 2.40. The molecule has 2 atom stereocenters. The number of para-hydroxylation sites is 1. The second-order valence-corrected chi connectivity index (χ2v) is 11.8. The van der Waals surface area contributed by atoms with Crippen molar-refractivity contribution >= 4 is 46.0 Å². The fourth-order valence-electron chi connectivity index (χ4n) is 5.62. The summed E-state index contributed by atoms with van der Waals surface area (Å²) in [5.74, 6) is -1.32. The molecule has 206 valence electrons. The Bertz CT molecular complexity index is 1590. The molecule has 3 aromatic carbocycles. The lowest BCUT2D eigenvalue weighted by Gasteiger charge is -2.39. The Labute approximate surface area is 239 Å². The van der Waals surface area contributed by atoms with Gasteiger partial charge in [-0.1, -0.05) is 41.9 Å². The lowest BCUT2D eigenvalue weighted by atomic mass is 9.84. The van der Waals surface area contributed by atoms with Gasteiger partial charge in [0.2, 0.25) is 5.91 Å². The minimum Gasteiger partial charge on any atom is -0.481 e. The Morgan fingerprint density at radius 2 is 1.73 bits per heavy atom. The third-order valence-electron chi connectivity index (χ3n) is 8.04. The van der Waals surface area contributed by atoms with Crippen molar-refractivity contribution in [3.05, 3.63) is 101 Å². The SMILES string of the molecule is C[C@H]1C[C@H](C(=O)n2ccc3cc(Cl)ccc32)c2ccccc2N1C(=O)c1ccc(CCCC(C)(C)C(=O)O)cc1. The van der Waals surface area contributed by atoms with E-state index in [2.05, 4.69) is 0 Å². The summed E-state index contributed by atoms with van der Waals surface area (Å²) in [4.78, 5) is 40.8. The van der Waals surface area contributed by atoms with Crippen molar-refractivity contribution in [2.75, 3.05) is 4.90 Å². The molecule has 0 unspecified atom stereocenters. The van der Waals surface area contributed by atoms with Crippen LogP contribution in [0, 0.1) is 5.41 Å². The summed E-state index contributed by atoms with van der Waals surface area (Å²) < 4.78 is 1.69. The molecule has 4 aromatic rings. The number of aliphatic carboxylic acids is 1. The van der Waals surface area contributed by atoms with E-state index in [1.165, 1.54) is 0 Å². The molecule has 1 aromatic heterocycles. The summed E-state index contributed by atoms with van der Waals surface area (Å²) in [6.45, 7) is 5.47. The van der Waals surface area contributed by atoms with Gasteiger partial charge < -0.3 is 10.0 Å². The standard InChI is InChI=1S/C33H33ClN2O4/c1-21-19-27(31(38)35-18-16-24-20-25(34)14-15-28(24)35)26-8-4-5-9-29(26)36(21)30(37)23-12-10-22(11-13-23)7-6-17-33(2,3)32(39)40/h4-5,8-16,18,20-21,27H,6-7,17,19H2,1-3H3,(H,39,40)/t21-,27-/m0/s1. The van der Waals surface area contributed by atoms with Crippen LogP contribution in [0.2, 0.25) is 5.02 Å². The molecule has 0 bridgehead atoms. The molecule has 0 radical (unpaired) electrons. The molecule has 0 saturated carbocycles. The zero-order valence-corrected chi connectivity index (χ0v) is 23.7. The smallest absolute Gasteiger partial charge is 0.309 e. The Balaban J connectivity index is 1.36. The number of hydrogen-bond donors (Lipinski definition) is 1. The van der Waals surface area contributed by atoms with Gasteiger partial charge in [-0.25, -0.2) is 0 Å². The van der Waals surface area contributed by atoms with Crippen LogP contribution in [0.3, 0.4) is 0 Å². The van der Waals surface area contributed by atoms with E-state index in [9.17, 15) is 19.5 Å². The van der Waals surface area contributed by atoms with Gasteiger partial charge in [-0.15, -0.1) is 0 Å². The monoisotopic (exact) mass is 556 g/mol. The van der Waals surface area contributed by atoms with Crippen LogP contribution in [0.1, 0.15) is 72.2 Å². The maximum Gasteiger partial charge on any atom is 0.309 e. The molecule has 5 rings (SSSR count). The zero-order valence-electron chi connectivity index (χ0n) is 22.9. The molecule has 1 aliphatic rings. The molecular weight excluding hydrogens is 524 g/mol. The molecule has 7 heteroatoms. The van der Waals surface area contributed by atoms with Crippen LogP contribution in [-0.4, -0.2) is 33.5 Å². The number of hydrogen-bond acceptors (Lipinski definition) is 3. The highest BCUT2D eigenvalue weighted by molar-refractivity contribution is 6.31. The maximum atomic E-state index is 13.8. The van der Waals surface area contributed by atoms with Crippen molar-refractivity contribution in [1.82, 2.24) is 4.57 Å². The highest BCUT2D eigenvalue weighted by Gasteiger charge is 2.38. The minimum absolute atomic E-state index is 0.0286. The van der Waals surface area contributed by atoms with Crippen molar-refractivity contribution in [2.24, 2.45) is 5.41 Å². The van der Waals surface area contributed by atoms with E-state index in [0.29, 0.717) is 23.4 Å². The number of aryl methyl sites for hydroxylation is 1. The Morgan fingerprint density at radius 3 is 2.45 bits per heavy atom. The number of benzene rings is 3. The van der Waals surface area contributed by atoms with Crippen LogP contribution in [-0.2, 0) is 11.2 Å². The first-order chi connectivity index (χ1) is 19.1. The Hall–Kier alpha value is -3.90. The van der Waals surface area contributed by atoms with Crippen LogP contribution in [0.25, 0.3) is 10.9 Å². The predicted molar refractivity (Wildman–Crippen MR) is 158 cm³/mol. The number of amides is 1. The van der Waals surface area contributed by atoms with Crippen LogP contribution in [0.15, 0.2) is 79.0 Å². The number of anilines is 1. The summed E-state index contributed by atoms with van der Waals surface area (Å²) in [5.41, 5.74) is 3.29. The zero-order chi connectivity index (χ0) is 28.6. The van der Waals surface area contributed by atoms with Crippen molar-refractivity contribution in [3.8, 4) is 0 Å². The Kier molecular flexibility index (Phi) is 7.56. The molecule has 0 aliphatic carbocycles. The highest BCUT2D eigenvalue weighted by atomic mass is 35.5. The first-order valence-electron chi connectivity index (χ1n) is 13.6. The van der Waals surface area contributed by atoms with E-state index < -0.39 is 11.4 Å². The molecule has 0 saturated heterocycles. The molecule has 1 amide bonds. The number of carbonyl (C=O) groups excluding carboxylic acids is 2. The van der Waals surface area contributed by atoms with Crippen molar-refractivity contribution in [3.63, 3.8) is 0 Å². The molecular formula is C33H33ClN2O4. The van der Waals surface area contributed by atoms with Crippen LogP contribution < -0.4 is 4.90 Å². The molecule has 2 heterocycles. The van der Waals surface area contributed by atoms with Gasteiger partial charge >= 0.3 is 5.97 Å². The van der Waals surface area contributed by atoms with Gasteiger partial charge in [0, 0.05) is 33.9 Å². The number of carbonyl (C=O) groups is 3. The van der Waals surface area contributed by atoms with E-state index in [0.717, 1.165) is 40.6 Å². The summed E-state index contributed by atoms with van der Waals surface area (Å²) in [7, 11) is 0. The van der Waals surface area contributed by atoms with Gasteiger partial charge in [-0.2, -0.15) is 0 Å². The summed E-state index contributed by atoms with van der Waals surface area (Å²) in [5, 5.41) is 10.9. The van der Waals surface area contributed by atoms with E-state index in [1.54, 1.807) is 35.6 Å². The van der Waals surface area contributed by atoms with Crippen LogP contribution in [0.5, 0.6) is 0 Å². The third-order valence-corrected chi connectivity index (χ3v) is 8.28. The number of carboxylic acid groups (broad SMARTS) is 1. The van der Waals surface area contributed by atoms with E-state index >= 15 is 0 Å². The fourth-order valence-corrected chi connectivity index (χ4v) is 5.80. The quantitative estimate of drug-likeness (QED) is 0.254. The number of fused-ring (bicyclic) bond motifs is 2. The summed E-state index contributed by atoms with van der Waals surface area (Å²) in [6, 6.07) is 22.4. The molecule has 0 spiro atoms. The summed E-state index contributed by atoms with van der Waals surface area (Å²) in [6.07, 6.45) is 4.38. The molecule has 6 nitrogen and oxygen atoms in total. The molecule has 40 heavy (non-hydrogen) atoms. The maximum absolute atomic E-state index is 13.8. The van der Waals surface area contributed by atoms with Gasteiger partial charge in [0.15, 0.2) is 0 Å². The molecule has 0 fully saturated rings. The predicted octanol–water partition coefficient (Wildman–Crippen LogP) is 7.59. The van der Waals surface area contributed by atoms with Gasteiger partial charge in [0.1, 0.15) is 0 Å². The average Bonchev–Trinajstić information content (AvgIpc) is 3.35. The first kappa shape index (κ1) is 27.7. The van der Waals surface area contributed by atoms with Gasteiger partial charge in [-0.3, -0.25) is 19.0 Å². The molecule has 1 N–H and O–H groups in total. The van der Waals surface area contributed by atoms with Crippen molar-refractivity contribution in [1.29, 1.82) is 0 Å². The average molecular weight is 557 g/mol. The van der Waals surface area contributed by atoms with Crippen LogP contribution in [0.4, 0.5) is 5.69 Å². The number of halogens is 1. The summed E-state index contributed by atoms with van der Waals surface area (Å²) >= 11 is 6.14. The van der Waals surface area contributed by atoms with Gasteiger partial charge in [0.05, 0.1) is 16.8 Å². The molecule has 1 aliphatic heterocycles.